The number of nitrogens with one attached hydrogen (secondary N) is 1. The molecule has 6 nitrogen and oxygen atoms in total. The fraction of sp³-hybridized carbons (Fsp3) is 0.125. The lowest BCUT2D eigenvalue weighted by atomic mass is 10.1. The average molecular weight is 334 g/mol. The third kappa shape index (κ3) is 2.67. The summed E-state index contributed by atoms with van der Waals surface area (Å²) in [7, 11) is 0. The molecule has 1 aliphatic rings. The van der Waals surface area contributed by atoms with E-state index in [-0.39, 0.29) is 17.8 Å². The van der Waals surface area contributed by atoms with Crippen LogP contribution in [0, 0.1) is 11.6 Å². The number of anilines is 1. The number of hydrogen-bond donors (Lipinski definition) is 3. The zero-order valence-electron chi connectivity index (χ0n) is 12.2. The van der Waals surface area contributed by atoms with Gasteiger partial charge in [-0.05, 0) is 29.8 Å². The predicted octanol–water partition coefficient (Wildman–Crippen LogP) is 1.69. The summed E-state index contributed by atoms with van der Waals surface area (Å²) in [5.74, 6) is -3.80. The molecule has 0 aliphatic carbocycles. The molecule has 0 bridgehead atoms. The highest BCUT2D eigenvalue weighted by Gasteiger charge is 2.31. The molecule has 1 amide bonds. The zero-order chi connectivity index (χ0) is 17.4. The van der Waals surface area contributed by atoms with Gasteiger partial charge in [-0.3, -0.25) is 4.79 Å². The van der Waals surface area contributed by atoms with Crippen LogP contribution in [-0.2, 0) is 6.54 Å². The van der Waals surface area contributed by atoms with Crippen LogP contribution in [0.5, 0.6) is 0 Å². The van der Waals surface area contributed by atoms with Crippen LogP contribution in [0.2, 0.25) is 0 Å². The van der Waals surface area contributed by atoms with Crippen molar-refractivity contribution in [2.75, 3.05) is 4.90 Å². The summed E-state index contributed by atoms with van der Waals surface area (Å²) in [5.41, 5.74) is -0.197. The van der Waals surface area contributed by atoms with Gasteiger partial charge in [-0.2, -0.15) is 0 Å². The van der Waals surface area contributed by atoms with Gasteiger partial charge in [0.25, 0.3) is 5.91 Å². The first kappa shape index (κ1) is 15.9. The van der Waals surface area contributed by atoms with E-state index in [2.05, 4.69) is 5.32 Å². The number of aromatic carboxylic acids is 1. The van der Waals surface area contributed by atoms with E-state index in [1.807, 2.05) is 0 Å². The summed E-state index contributed by atoms with van der Waals surface area (Å²) in [5, 5.41) is 21.2. The van der Waals surface area contributed by atoms with Crippen molar-refractivity contribution in [2.24, 2.45) is 0 Å². The summed E-state index contributed by atoms with van der Waals surface area (Å²) in [6, 6.07) is 7.44. The number of carbonyl (C=O) groups excluding carboxylic acids is 1. The van der Waals surface area contributed by atoms with Crippen LogP contribution >= 0.6 is 0 Å². The van der Waals surface area contributed by atoms with Crippen molar-refractivity contribution in [3.63, 3.8) is 0 Å². The fourth-order valence-corrected chi connectivity index (χ4v) is 2.58. The SMILES string of the molecule is O=C(O)c1cc(CN2c3cccc(F)c3C(=O)NC2O)ccc1F. The molecule has 24 heavy (non-hydrogen) atoms. The van der Waals surface area contributed by atoms with Gasteiger partial charge < -0.3 is 20.4 Å². The second-order valence-electron chi connectivity index (χ2n) is 5.23. The van der Waals surface area contributed by atoms with Gasteiger partial charge in [-0.15, -0.1) is 0 Å². The number of carbonyl (C=O) groups is 2. The summed E-state index contributed by atoms with van der Waals surface area (Å²) < 4.78 is 27.4. The van der Waals surface area contributed by atoms with Gasteiger partial charge in [0.1, 0.15) is 11.6 Å². The van der Waals surface area contributed by atoms with Crippen LogP contribution in [0.3, 0.4) is 0 Å². The van der Waals surface area contributed by atoms with Gasteiger partial charge in [0.15, 0.2) is 0 Å². The summed E-state index contributed by atoms with van der Waals surface area (Å²) in [6.07, 6.45) is -1.43. The van der Waals surface area contributed by atoms with E-state index in [1.54, 1.807) is 0 Å². The number of carboxylic acid groups (broad SMARTS) is 1. The number of aliphatic hydroxyl groups excluding tert-OH is 1. The van der Waals surface area contributed by atoms with Crippen LogP contribution in [-0.4, -0.2) is 28.4 Å². The normalized spacial score (nSPS) is 16.5. The average Bonchev–Trinajstić information content (AvgIpc) is 2.52. The summed E-state index contributed by atoms with van der Waals surface area (Å²) >= 11 is 0. The Balaban J connectivity index is 2.00. The fourth-order valence-electron chi connectivity index (χ4n) is 2.58. The Morgan fingerprint density at radius 1 is 1.21 bits per heavy atom. The van der Waals surface area contributed by atoms with Crippen molar-refractivity contribution in [1.29, 1.82) is 0 Å². The molecule has 0 saturated carbocycles. The molecule has 8 heteroatoms. The van der Waals surface area contributed by atoms with Crippen molar-refractivity contribution in [3.05, 3.63) is 64.7 Å². The lowest BCUT2D eigenvalue weighted by molar-refractivity contribution is 0.0690. The number of fused-ring (bicyclic) bond motifs is 1. The second-order valence-corrected chi connectivity index (χ2v) is 5.23. The minimum absolute atomic E-state index is 0.0571. The Bertz CT molecular complexity index is 841. The van der Waals surface area contributed by atoms with E-state index in [0.717, 1.165) is 18.2 Å². The van der Waals surface area contributed by atoms with E-state index < -0.39 is 35.4 Å². The number of carboxylic acids is 1. The first-order valence-corrected chi connectivity index (χ1v) is 6.94. The standard InChI is InChI=1S/C16H12F2N2O4/c17-10-5-4-8(6-9(10)15(22)23)7-20-12-3-1-2-11(18)13(12)14(21)19-16(20)24/h1-6,16,24H,7H2,(H,19,21)(H,22,23). The van der Waals surface area contributed by atoms with Gasteiger partial charge in [0, 0.05) is 6.54 Å². The molecule has 0 spiro atoms. The Hall–Kier alpha value is -3.00. The second kappa shape index (κ2) is 5.89. The molecule has 3 rings (SSSR count). The van der Waals surface area contributed by atoms with E-state index in [1.165, 1.54) is 23.1 Å². The lowest BCUT2D eigenvalue weighted by Crippen LogP contribution is -2.52. The lowest BCUT2D eigenvalue weighted by Gasteiger charge is -2.35. The van der Waals surface area contributed by atoms with Gasteiger partial charge in [0.2, 0.25) is 6.35 Å². The number of hydrogen-bond acceptors (Lipinski definition) is 4. The Kier molecular flexibility index (Phi) is 3.90. The number of amides is 1. The summed E-state index contributed by atoms with van der Waals surface area (Å²) in [4.78, 5) is 24.1. The highest BCUT2D eigenvalue weighted by molar-refractivity contribution is 6.02. The van der Waals surface area contributed by atoms with Crippen LogP contribution in [0.15, 0.2) is 36.4 Å². The van der Waals surface area contributed by atoms with Gasteiger partial charge >= 0.3 is 5.97 Å². The molecule has 2 aromatic rings. The van der Waals surface area contributed by atoms with Crippen LogP contribution in [0.4, 0.5) is 14.5 Å². The predicted molar refractivity (Wildman–Crippen MR) is 79.4 cm³/mol. The van der Waals surface area contributed by atoms with Gasteiger partial charge in [-0.25, -0.2) is 13.6 Å². The molecule has 1 aliphatic heterocycles. The van der Waals surface area contributed by atoms with E-state index >= 15 is 0 Å². The van der Waals surface area contributed by atoms with Gasteiger partial charge in [0.05, 0.1) is 16.8 Å². The number of nitrogens with zero attached hydrogens (tertiary/aromatic N) is 1. The van der Waals surface area contributed by atoms with Crippen molar-refractivity contribution < 1.29 is 28.6 Å². The van der Waals surface area contributed by atoms with Crippen molar-refractivity contribution in [1.82, 2.24) is 5.32 Å². The molecule has 1 unspecified atom stereocenters. The molecule has 1 heterocycles. The number of aliphatic hydroxyl groups is 1. The van der Waals surface area contributed by atoms with E-state index in [9.17, 15) is 23.5 Å². The van der Waals surface area contributed by atoms with Crippen LogP contribution in [0.1, 0.15) is 26.3 Å². The van der Waals surface area contributed by atoms with E-state index in [4.69, 9.17) is 5.11 Å². The zero-order valence-corrected chi connectivity index (χ0v) is 12.2. The molecule has 0 fully saturated rings. The first-order chi connectivity index (χ1) is 11.4. The minimum atomic E-state index is -1.43. The Labute approximate surface area is 134 Å². The van der Waals surface area contributed by atoms with Crippen molar-refractivity contribution >= 4 is 17.6 Å². The van der Waals surface area contributed by atoms with E-state index in [0.29, 0.717) is 5.56 Å². The number of rotatable bonds is 3. The van der Waals surface area contributed by atoms with Gasteiger partial charge in [-0.1, -0.05) is 12.1 Å². The maximum atomic E-state index is 13.9. The highest BCUT2D eigenvalue weighted by Crippen LogP contribution is 2.29. The van der Waals surface area contributed by atoms with Crippen molar-refractivity contribution in [2.45, 2.75) is 12.9 Å². The monoisotopic (exact) mass is 334 g/mol. The molecule has 124 valence electrons. The first-order valence-electron chi connectivity index (χ1n) is 6.94. The molecule has 2 aromatic carbocycles. The quantitative estimate of drug-likeness (QED) is 0.795. The number of halogens is 2. The topological polar surface area (TPSA) is 89.9 Å². The minimum Gasteiger partial charge on any atom is -0.478 e. The third-order valence-electron chi connectivity index (χ3n) is 3.70. The molecule has 0 aromatic heterocycles. The third-order valence-corrected chi connectivity index (χ3v) is 3.70. The van der Waals surface area contributed by atoms with Crippen molar-refractivity contribution in [3.8, 4) is 0 Å². The molecule has 0 radical (unpaired) electrons. The van der Waals surface area contributed by atoms with Crippen LogP contribution in [0.25, 0.3) is 0 Å². The smallest absolute Gasteiger partial charge is 0.338 e. The Morgan fingerprint density at radius 2 is 1.96 bits per heavy atom. The molecular weight excluding hydrogens is 322 g/mol. The molecule has 3 N–H and O–H groups in total. The maximum absolute atomic E-state index is 13.9. The number of benzene rings is 2. The summed E-state index contributed by atoms with van der Waals surface area (Å²) in [6.45, 7) is -0.0571. The molecular formula is C16H12F2N2O4. The largest absolute Gasteiger partial charge is 0.478 e. The molecule has 1 atom stereocenters. The Morgan fingerprint density at radius 3 is 2.67 bits per heavy atom. The highest BCUT2D eigenvalue weighted by atomic mass is 19.1. The maximum Gasteiger partial charge on any atom is 0.338 e. The van der Waals surface area contributed by atoms with Crippen LogP contribution < -0.4 is 10.2 Å². The molecule has 0 saturated heterocycles.